The van der Waals surface area contributed by atoms with Crippen molar-refractivity contribution in [2.45, 2.75) is 51.1 Å². The Balaban J connectivity index is 2.69. The first kappa shape index (κ1) is 15.9. The fraction of sp³-hybridized carbons (Fsp3) is 1.00. The van der Waals surface area contributed by atoms with Crippen LogP contribution in [0.5, 0.6) is 0 Å². The summed E-state index contributed by atoms with van der Waals surface area (Å²) >= 11 is 0. The van der Waals surface area contributed by atoms with Gasteiger partial charge in [0.25, 0.3) is 0 Å². The topological polar surface area (TPSA) is 72.6 Å². The molecule has 1 fully saturated rings. The van der Waals surface area contributed by atoms with Crippen molar-refractivity contribution in [3.8, 4) is 0 Å². The van der Waals surface area contributed by atoms with Gasteiger partial charge in [-0.2, -0.15) is 4.31 Å². The quantitative estimate of drug-likeness (QED) is 0.752. The van der Waals surface area contributed by atoms with Crippen LogP contribution in [-0.4, -0.2) is 50.8 Å². The van der Waals surface area contributed by atoms with Crippen LogP contribution in [0, 0.1) is 0 Å². The van der Waals surface area contributed by atoms with Crippen molar-refractivity contribution in [2.24, 2.45) is 5.73 Å². The number of methoxy groups -OCH3 is 1. The molecule has 0 spiro atoms. The number of ether oxygens (including phenoxy) is 1. The van der Waals surface area contributed by atoms with Crippen LogP contribution < -0.4 is 5.73 Å². The zero-order valence-electron chi connectivity index (χ0n) is 11.5. The first-order chi connectivity index (χ1) is 8.51. The summed E-state index contributed by atoms with van der Waals surface area (Å²) in [5, 5.41) is 0. The van der Waals surface area contributed by atoms with E-state index >= 15 is 0 Å². The lowest BCUT2D eigenvalue weighted by Crippen LogP contribution is -2.45. The summed E-state index contributed by atoms with van der Waals surface area (Å²) in [5.41, 5.74) is 5.87. The SMILES string of the molecule is CCCN(C1CCC(N)CC1)S(=O)(=O)CCOC. The second kappa shape index (κ2) is 7.43. The van der Waals surface area contributed by atoms with Crippen LogP contribution >= 0.6 is 0 Å². The number of hydrogen-bond acceptors (Lipinski definition) is 4. The third-order valence-corrected chi connectivity index (χ3v) is 5.37. The second-order valence-corrected chi connectivity index (χ2v) is 7.03. The highest BCUT2D eigenvalue weighted by Crippen LogP contribution is 2.24. The number of nitrogens with zero attached hydrogens (tertiary/aromatic N) is 1. The van der Waals surface area contributed by atoms with Crippen LogP contribution in [0.15, 0.2) is 0 Å². The predicted molar refractivity (Wildman–Crippen MR) is 72.9 cm³/mol. The summed E-state index contributed by atoms with van der Waals surface area (Å²) in [4.78, 5) is 0. The van der Waals surface area contributed by atoms with Gasteiger partial charge in [0, 0.05) is 25.7 Å². The van der Waals surface area contributed by atoms with Crippen molar-refractivity contribution in [2.75, 3.05) is 26.0 Å². The average Bonchev–Trinajstić information content (AvgIpc) is 2.35. The minimum absolute atomic E-state index is 0.0754. The van der Waals surface area contributed by atoms with E-state index in [0.717, 1.165) is 32.1 Å². The van der Waals surface area contributed by atoms with Gasteiger partial charge in [0.2, 0.25) is 10.0 Å². The van der Waals surface area contributed by atoms with E-state index in [1.165, 1.54) is 7.11 Å². The molecule has 5 nitrogen and oxygen atoms in total. The molecule has 1 rings (SSSR count). The van der Waals surface area contributed by atoms with E-state index in [1.807, 2.05) is 6.92 Å². The Morgan fingerprint density at radius 2 is 1.89 bits per heavy atom. The fourth-order valence-corrected chi connectivity index (χ4v) is 4.20. The molecule has 108 valence electrons. The summed E-state index contributed by atoms with van der Waals surface area (Å²) in [6.45, 7) is 2.87. The van der Waals surface area contributed by atoms with Gasteiger partial charge >= 0.3 is 0 Å². The minimum atomic E-state index is -3.20. The Labute approximate surface area is 111 Å². The Hall–Kier alpha value is -0.170. The lowest BCUT2D eigenvalue weighted by atomic mass is 9.92. The van der Waals surface area contributed by atoms with Gasteiger partial charge in [-0.1, -0.05) is 6.92 Å². The van der Waals surface area contributed by atoms with Crippen LogP contribution in [0.1, 0.15) is 39.0 Å². The van der Waals surface area contributed by atoms with E-state index in [1.54, 1.807) is 4.31 Å². The monoisotopic (exact) mass is 278 g/mol. The molecule has 0 saturated heterocycles. The zero-order chi connectivity index (χ0) is 13.6. The van der Waals surface area contributed by atoms with Gasteiger partial charge in [-0.25, -0.2) is 8.42 Å². The first-order valence-electron chi connectivity index (χ1n) is 6.75. The molecule has 0 aliphatic heterocycles. The number of sulfonamides is 1. The van der Waals surface area contributed by atoms with E-state index in [0.29, 0.717) is 6.54 Å². The molecule has 0 amide bonds. The maximum Gasteiger partial charge on any atom is 0.216 e. The maximum atomic E-state index is 12.3. The van der Waals surface area contributed by atoms with Crippen LogP contribution in [0.3, 0.4) is 0 Å². The van der Waals surface area contributed by atoms with E-state index in [-0.39, 0.29) is 24.4 Å². The Morgan fingerprint density at radius 3 is 2.39 bits per heavy atom. The molecule has 0 radical (unpaired) electrons. The summed E-state index contributed by atoms with van der Waals surface area (Å²) in [6, 6.07) is 0.373. The van der Waals surface area contributed by atoms with Crippen LogP contribution in [0.25, 0.3) is 0 Å². The van der Waals surface area contributed by atoms with Crippen molar-refractivity contribution >= 4 is 10.0 Å². The molecule has 1 saturated carbocycles. The molecule has 1 aliphatic rings. The maximum absolute atomic E-state index is 12.3. The third-order valence-electron chi connectivity index (χ3n) is 3.50. The number of nitrogens with two attached hydrogens (primary N) is 1. The molecule has 0 unspecified atom stereocenters. The highest BCUT2D eigenvalue weighted by atomic mass is 32.2. The normalized spacial score (nSPS) is 25.6. The van der Waals surface area contributed by atoms with Crippen molar-refractivity contribution in [1.82, 2.24) is 4.31 Å². The Kier molecular flexibility index (Phi) is 6.55. The Morgan fingerprint density at radius 1 is 1.28 bits per heavy atom. The zero-order valence-corrected chi connectivity index (χ0v) is 12.3. The van der Waals surface area contributed by atoms with Gasteiger partial charge in [-0.15, -0.1) is 0 Å². The number of hydrogen-bond donors (Lipinski definition) is 1. The highest BCUT2D eigenvalue weighted by Gasteiger charge is 2.31. The highest BCUT2D eigenvalue weighted by molar-refractivity contribution is 7.89. The Bertz CT molecular complexity index is 324. The summed E-state index contributed by atoms with van der Waals surface area (Å²) in [5.74, 6) is 0.0754. The lowest BCUT2D eigenvalue weighted by molar-refractivity contribution is 0.209. The third kappa shape index (κ3) is 4.50. The van der Waals surface area contributed by atoms with E-state index in [2.05, 4.69) is 0 Å². The molecule has 1 aliphatic carbocycles. The summed E-state index contributed by atoms with van der Waals surface area (Å²) < 4.78 is 31.1. The lowest BCUT2D eigenvalue weighted by Gasteiger charge is -2.35. The van der Waals surface area contributed by atoms with E-state index in [9.17, 15) is 8.42 Å². The van der Waals surface area contributed by atoms with Gasteiger partial charge in [-0.05, 0) is 32.1 Å². The first-order valence-corrected chi connectivity index (χ1v) is 8.36. The summed E-state index contributed by atoms with van der Waals surface area (Å²) in [7, 11) is -1.67. The predicted octanol–water partition coefficient (Wildman–Crippen LogP) is 0.945. The molecule has 6 heteroatoms. The molecule has 0 bridgehead atoms. The smallest absolute Gasteiger partial charge is 0.216 e. The van der Waals surface area contributed by atoms with E-state index in [4.69, 9.17) is 10.5 Å². The number of rotatable bonds is 7. The van der Waals surface area contributed by atoms with Gasteiger partial charge in [0.15, 0.2) is 0 Å². The average molecular weight is 278 g/mol. The van der Waals surface area contributed by atoms with Crippen LogP contribution in [0.2, 0.25) is 0 Å². The van der Waals surface area contributed by atoms with E-state index < -0.39 is 10.0 Å². The van der Waals surface area contributed by atoms with Crippen molar-refractivity contribution in [3.63, 3.8) is 0 Å². The van der Waals surface area contributed by atoms with Gasteiger partial charge < -0.3 is 10.5 Å². The minimum Gasteiger partial charge on any atom is -0.384 e. The molecule has 0 aromatic heterocycles. The van der Waals surface area contributed by atoms with Crippen LogP contribution in [0.4, 0.5) is 0 Å². The molecule has 2 N–H and O–H groups in total. The van der Waals surface area contributed by atoms with Crippen molar-refractivity contribution in [1.29, 1.82) is 0 Å². The molecule has 0 aromatic carbocycles. The largest absolute Gasteiger partial charge is 0.384 e. The molecule has 0 aromatic rings. The van der Waals surface area contributed by atoms with Gasteiger partial charge in [-0.3, -0.25) is 0 Å². The van der Waals surface area contributed by atoms with Crippen molar-refractivity contribution in [3.05, 3.63) is 0 Å². The molecule has 0 heterocycles. The summed E-state index contributed by atoms with van der Waals surface area (Å²) in [6.07, 6.45) is 4.45. The van der Waals surface area contributed by atoms with Gasteiger partial charge in [0.05, 0.1) is 12.4 Å². The molecule has 0 atom stereocenters. The second-order valence-electron chi connectivity index (χ2n) is 4.99. The van der Waals surface area contributed by atoms with Gasteiger partial charge in [0.1, 0.15) is 0 Å². The molecule has 18 heavy (non-hydrogen) atoms. The van der Waals surface area contributed by atoms with Crippen LogP contribution in [-0.2, 0) is 14.8 Å². The molecular weight excluding hydrogens is 252 g/mol. The van der Waals surface area contributed by atoms with Crippen molar-refractivity contribution < 1.29 is 13.2 Å². The fourth-order valence-electron chi connectivity index (χ4n) is 2.46. The molecular formula is C12H26N2O3S. The standard InChI is InChI=1S/C12H26N2O3S/c1-3-8-14(18(15,16)10-9-17-2)12-6-4-11(13)5-7-12/h11-12H,3-10,13H2,1-2H3.